The molecule has 0 bridgehead atoms. The van der Waals surface area contributed by atoms with Crippen molar-refractivity contribution in [2.24, 2.45) is 0 Å². The number of nitrogens with zero attached hydrogens (tertiary/aromatic N) is 2. The number of nitrogens with one attached hydrogen (secondary N) is 1. The molecule has 1 aliphatic heterocycles. The molecule has 5 rings (SSSR count). The van der Waals surface area contributed by atoms with E-state index in [-0.39, 0.29) is 13.2 Å². The lowest BCUT2D eigenvalue weighted by Gasteiger charge is -2.22. The van der Waals surface area contributed by atoms with Gasteiger partial charge in [0.25, 0.3) is 11.8 Å². The van der Waals surface area contributed by atoms with Gasteiger partial charge in [0.05, 0.1) is 39.5 Å². The van der Waals surface area contributed by atoms with Gasteiger partial charge in [-0.05, 0) is 29.3 Å². The molecule has 0 unspecified atom stereocenters. The monoisotopic (exact) mass is 475 g/mol. The Balaban J connectivity index is 1.46. The van der Waals surface area contributed by atoms with Gasteiger partial charge in [0.1, 0.15) is 5.82 Å². The molecule has 0 saturated heterocycles. The number of benzene rings is 2. The van der Waals surface area contributed by atoms with Gasteiger partial charge in [0.2, 0.25) is 5.91 Å². The molecule has 7 nitrogen and oxygen atoms in total. The van der Waals surface area contributed by atoms with E-state index in [1.807, 2.05) is 0 Å². The molecule has 0 radical (unpaired) electrons. The summed E-state index contributed by atoms with van der Waals surface area (Å²) in [5.74, 6) is -2.74. The maximum Gasteiger partial charge on any atom is 0.261 e. The third-order valence-electron chi connectivity index (χ3n) is 5.77. The zero-order valence-electron chi connectivity index (χ0n) is 17.7. The molecular weight excluding hydrogens is 457 g/mol. The van der Waals surface area contributed by atoms with Crippen molar-refractivity contribution in [1.29, 1.82) is 0 Å². The van der Waals surface area contributed by atoms with Crippen LogP contribution in [-0.4, -0.2) is 39.3 Å². The molecule has 0 fully saturated rings. The highest BCUT2D eigenvalue weighted by Crippen LogP contribution is 2.32. The lowest BCUT2D eigenvalue weighted by Crippen LogP contribution is -2.38. The second-order valence-electron chi connectivity index (χ2n) is 7.85. The fraction of sp³-hybridized carbons (Fsp3) is 0.120. The van der Waals surface area contributed by atoms with Gasteiger partial charge in [0.15, 0.2) is 0 Å². The molecular formula is C25H18FN3O4S. The molecule has 0 saturated carbocycles. The predicted molar refractivity (Wildman–Crippen MR) is 125 cm³/mol. The van der Waals surface area contributed by atoms with E-state index in [1.54, 1.807) is 48.5 Å². The summed E-state index contributed by atoms with van der Waals surface area (Å²) in [7, 11) is 0. The van der Waals surface area contributed by atoms with Gasteiger partial charge < -0.3 is 10.4 Å². The van der Waals surface area contributed by atoms with Crippen LogP contribution in [0, 0.1) is 5.82 Å². The zero-order valence-corrected chi connectivity index (χ0v) is 18.5. The highest BCUT2D eigenvalue weighted by molar-refractivity contribution is 7.22. The maximum absolute atomic E-state index is 14.0. The molecule has 1 atom stereocenters. The number of thiophene rings is 1. The van der Waals surface area contributed by atoms with Crippen molar-refractivity contribution in [3.8, 4) is 0 Å². The van der Waals surface area contributed by atoms with Crippen LogP contribution >= 0.6 is 11.3 Å². The standard InChI is InChI=1S/C25H18FN3O4S/c26-20-10-27-11-21-18(20)9-22(34-21)28-23(31)19(15-7-5-14(13-30)6-8-15)12-29-24(32)16-3-1-2-4-17(16)25(29)33/h1-11,19,30H,12-13H2,(H,28,31)/t19-/m1/s1. The number of hydrogen-bond donors (Lipinski definition) is 2. The molecule has 3 heterocycles. The van der Waals surface area contributed by atoms with E-state index in [9.17, 15) is 23.9 Å². The SMILES string of the molecule is O=C(Nc1cc2c(F)cncc2s1)[C@H](CN1C(=O)c2ccccc2C1=O)c1ccc(CO)cc1. The smallest absolute Gasteiger partial charge is 0.261 e. The minimum absolute atomic E-state index is 0.156. The molecule has 9 heteroatoms. The third-order valence-corrected chi connectivity index (χ3v) is 6.75. The van der Waals surface area contributed by atoms with Gasteiger partial charge in [-0.3, -0.25) is 24.3 Å². The Morgan fingerprint density at radius 3 is 2.35 bits per heavy atom. The normalized spacial score (nSPS) is 13.9. The summed E-state index contributed by atoms with van der Waals surface area (Å²) in [5, 5.41) is 12.9. The van der Waals surface area contributed by atoms with Crippen molar-refractivity contribution in [1.82, 2.24) is 9.88 Å². The van der Waals surface area contributed by atoms with Crippen LogP contribution in [0.1, 0.15) is 37.8 Å². The van der Waals surface area contributed by atoms with Gasteiger partial charge in [-0.1, -0.05) is 36.4 Å². The Kier molecular flexibility index (Phi) is 5.64. The van der Waals surface area contributed by atoms with Crippen LogP contribution < -0.4 is 5.32 Å². The lowest BCUT2D eigenvalue weighted by molar-refractivity contribution is -0.117. The van der Waals surface area contributed by atoms with Crippen LogP contribution in [0.2, 0.25) is 0 Å². The van der Waals surface area contributed by atoms with E-state index >= 15 is 0 Å². The third kappa shape index (κ3) is 3.85. The first-order valence-corrected chi connectivity index (χ1v) is 11.3. The number of amides is 3. The number of carbonyl (C=O) groups excluding carboxylic acids is 3. The minimum atomic E-state index is -0.886. The molecule has 170 valence electrons. The Morgan fingerprint density at radius 2 is 1.74 bits per heavy atom. The number of aromatic nitrogens is 1. The van der Waals surface area contributed by atoms with Crippen molar-refractivity contribution >= 4 is 44.1 Å². The largest absolute Gasteiger partial charge is 0.392 e. The number of pyridine rings is 1. The van der Waals surface area contributed by atoms with E-state index in [0.717, 1.165) is 11.1 Å². The Labute approximate surface area is 197 Å². The molecule has 2 N–H and O–H groups in total. The van der Waals surface area contributed by atoms with Crippen molar-refractivity contribution in [3.05, 3.63) is 95.1 Å². The summed E-state index contributed by atoms with van der Waals surface area (Å²) in [6, 6.07) is 14.8. The highest BCUT2D eigenvalue weighted by atomic mass is 32.1. The molecule has 34 heavy (non-hydrogen) atoms. The zero-order chi connectivity index (χ0) is 23.8. The highest BCUT2D eigenvalue weighted by Gasteiger charge is 2.38. The average Bonchev–Trinajstić information content (AvgIpc) is 3.37. The van der Waals surface area contributed by atoms with E-state index < -0.39 is 29.5 Å². The topological polar surface area (TPSA) is 99.6 Å². The first kappa shape index (κ1) is 21.9. The molecule has 2 aromatic carbocycles. The number of carbonyl (C=O) groups is 3. The van der Waals surface area contributed by atoms with Crippen molar-refractivity contribution < 1.29 is 23.9 Å². The number of hydrogen-bond acceptors (Lipinski definition) is 6. The molecule has 1 aliphatic rings. The Hall–Kier alpha value is -3.95. The number of anilines is 1. The predicted octanol–water partition coefficient (Wildman–Crippen LogP) is 3.95. The van der Waals surface area contributed by atoms with E-state index in [4.69, 9.17) is 0 Å². The number of fused-ring (bicyclic) bond motifs is 2. The second kappa shape index (κ2) is 8.77. The number of imide groups is 1. The Morgan fingerprint density at radius 1 is 1.06 bits per heavy atom. The molecule has 3 amide bonds. The average molecular weight is 476 g/mol. The van der Waals surface area contributed by atoms with Crippen molar-refractivity contribution in [2.45, 2.75) is 12.5 Å². The van der Waals surface area contributed by atoms with E-state index in [1.165, 1.54) is 23.6 Å². The quantitative estimate of drug-likeness (QED) is 0.412. The summed E-state index contributed by atoms with van der Waals surface area (Å²) >= 11 is 1.18. The van der Waals surface area contributed by atoms with Gasteiger partial charge in [-0.2, -0.15) is 0 Å². The first-order chi connectivity index (χ1) is 16.5. The fourth-order valence-electron chi connectivity index (χ4n) is 3.98. The number of halogens is 1. The second-order valence-corrected chi connectivity index (χ2v) is 8.94. The maximum atomic E-state index is 14.0. The van der Waals surface area contributed by atoms with Crippen LogP contribution in [0.15, 0.2) is 67.0 Å². The van der Waals surface area contributed by atoms with Crippen molar-refractivity contribution in [3.63, 3.8) is 0 Å². The number of aliphatic hydroxyl groups is 1. The van der Waals surface area contributed by atoms with Gasteiger partial charge in [-0.15, -0.1) is 11.3 Å². The van der Waals surface area contributed by atoms with Crippen LogP contribution in [0.3, 0.4) is 0 Å². The lowest BCUT2D eigenvalue weighted by atomic mass is 9.96. The molecule has 0 spiro atoms. The molecule has 0 aliphatic carbocycles. The van der Waals surface area contributed by atoms with E-state index in [0.29, 0.717) is 37.3 Å². The summed E-state index contributed by atoms with van der Waals surface area (Å²) in [6.45, 7) is -0.325. The summed E-state index contributed by atoms with van der Waals surface area (Å²) in [5.41, 5.74) is 1.83. The van der Waals surface area contributed by atoms with Crippen LogP contribution in [-0.2, 0) is 11.4 Å². The van der Waals surface area contributed by atoms with Gasteiger partial charge in [-0.25, -0.2) is 4.39 Å². The summed E-state index contributed by atoms with van der Waals surface area (Å²) < 4.78 is 14.6. The van der Waals surface area contributed by atoms with Crippen LogP contribution in [0.25, 0.3) is 10.1 Å². The molecule has 2 aromatic heterocycles. The van der Waals surface area contributed by atoms with Crippen molar-refractivity contribution in [2.75, 3.05) is 11.9 Å². The summed E-state index contributed by atoms with van der Waals surface area (Å²) in [6.07, 6.45) is 2.62. The van der Waals surface area contributed by atoms with Gasteiger partial charge >= 0.3 is 0 Å². The van der Waals surface area contributed by atoms with Crippen LogP contribution in [0.4, 0.5) is 9.39 Å². The summed E-state index contributed by atoms with van der Waals surface area (Å²) in [4.78, 5) is 44.1. The minimum Gasteiger partial charge on any atom is -0.392 e. The molecule has 4 aromatic rings. The van der Waals surface area contributed by atoms with Crippen LogP contribution in [0.5, 0.6) is 0 Å². The number of aliphatic hydroxyl groups excluding tert-OH is 1. The first-order valence-electron chi connectivity index (χ1n) is 10.4. The number of rotatable bonds is 6. The fourth-order valence-corrected chi connectivity index (χ4v) is 4.93. The van der Waals surface area contributed by atoms with E-state index in [2.05, 4.69) is 10.3 Å². The van der Waals surface area contributed by atoms with Gasteiger partial charge in [0, 0.05) is 18.1 Å². The Bertz CT molecular complexity index is 1400.